The molecule has 0 aliphatic carbocycles. The summed E-state index contributed by atoms with van der Waals surface area (Å²) in [6.45, 7) is 7.84. The van der Waals surface area contributed by atoms with Gasteiger partial charge in [0.25, 0.3) is 0 Å². The fourth-order valence-electron chi connectivity index (χ4n) is 4.06. The summed E-state index contributed by atoms with van der Waals surface area (Å²) in [5.41, 5.74) is 2.73. The molecule has 1 aliphatic rings. The third-order valence-electron chi connectivity index (χ3n) is 5.60. The number of aromatic nitrogens is 2. The average Bonchev–Trinajstić information content (AvgIpc) is 2.98. The van der Waals surface area contributed by atoms with E-state index in [1.807, 2.05) is 44.0 Å². The van der Waals surface area contributed by atoms with Crippen molar-refractivity contribution in [1.82, 2.24) is 19.6 Å². The van der Waals surface area contributed by atoms with E-state index in [1.165, 1.54) is 6.07 Å². The second-order valence-electron chi connectivity index (χ2n) is 8.01. The molecule has 1 aromatic carbocycles. The van der Waals surface area contributed by atoms with Crippen molar-refractivity contribution in [2.45, 2.75) is 39.7 Å². The lowest BCUT2D eigenvalue weighted by Gasteiger charge is -2.34. The minimum atomic E-state index is -0.120. The lowest BCUT2D eigenvalue weighted by molar-refractivity contribution is -0.131. The quantitative estimate of drug-likeness (QED) is 0.734. The van der Waals surface area contributed by atoms with Crippen LogP contribution in [-0.4, -0.2) is 58.7 Å². The number of halogens is 1. The van der Waals surface area contributed by atoms with Crippen molar-refractivity contribution in [3.8, 4) is 0 Å². The number of carbonyl (C=O) groups is 1. The number of benzene rings is 1. The Morgan fingerprint density at radius 1 is 1.32 bits per heavy atom. The van der Waals surface area contributed by atoms with E-state index in [1.54, 1.807) is 10.7 Å². The Morgan fingerprint density at radius 3 is 2.82 bits per heavy atom. The Hall–Kier alpha value is -2.21. The van der Waals surface area contributed by atoms with Gasteiger partial charge in [-0.15, -0.1) is 0 Å². The number of piperidine rings is 1. The highest BCUT2D eigenvalue weighted by Gasteiger charge is 2.23. The van der Waals surface area contributed by atoms with Gasteiger partial charge in [0.05, 0.1) is 5.69 Å². The van der Waals surface area contributed by atoms with E-state index in [-0.39, 0.29) is 11.7 Å². The van der Waals surface area contributed by atoms with Crippen LogP contribution in [0.2, 0.25) is 0 Å². The van der Waals surface area contributed by atoms with Crippen LogP contribution in [0.25, 0.3) is 0 Å². The van der Waals surface area contributed by atoms with Crippen LogP contribution in [-0.2, 0) is 17.8 Å². The summed E-state index contributed by atoms with van der Waals surface area (Å²) in [4.78, 5) is 16.8. The monoisotopic (exact) mass is 386 g/mol. The Balaban J connectivity index is 1.47. The fraction of sp³-hybridized carbons (Fsp3) is 0.545. The molecule has 1 unspecified atom stereocenters. The molecule has 3 rings (SSSR count). The molecule has 1 saturated heterocycles. The van der Waals surface area contributed by atoms with Gasteiger partial charge in [0, 0.05) is 32.4 Å². The van der Waals surface area contributed by atoms with Crippen molar-refractivity contribution in [2.24, 2.45) is 5.92 Å². The zero-order valence-corrected chi connectivity index (χ0v) is 17.2. The van der Waals surface area contributed by atoms with Crippen LogP contribution in [0.15, 0.2) is 30.3 Å². The highest BCUT2D eigenvalue weighted by molar-refractivity contribution is 5.75. The molecule has 5 nitrogen and oxygen atoms in total. The molecule has 0 saturated carbocycles. The predicted octanol–water partition coefficient (Wildman–Crippen LogP) is 3.05. The molecular formula is C22H31FN4O. The van der Waals surface area contributed by atoms with Crippen LogP contribution >= 0.6 is 0 Å². The predicted molar refractivity (Wildman–Crippen MR) is 109 cm³/mol. The van der Waals surface area contributed by atoms with E-state index in [9.17, 15) is 9.18 Å². The standard InChI is InChI=1S/C22H31FN4O/c1-17-13-18(2)27(24-17)16-22(28)25(3)14-19-7-6-11-26(15-19)12-10-20-8-4-5-9-21(20)23/h4-5,8-9,13,19H,6-7,10-12,14-16H2,1-3H3. The number of hydrogen-bond donors (Lipinski definition) is 0. The molecule has 1 aromatic heterocycles. The molecule has 1 amide bonds. The number of aryl methyl sites for hydroxylation is 2. The highest BCUT2D eigenvalue weighted by Crippen LogP contribution is 2.18. The molecular weight excluding hydrogens is 355 g/mol. The van der Waals surface area contributed by atoms with Gasteiger partial charge in [0.15, 0.2) is 0 Å². The fourth-order valence-corrected chi connectivity index (χ4v) is 4.06. The largest absolute Gasteiger partial charge is 0.344 e. The van der Waals surface area contributed by atoms with Crippen molar-refractivity contribution in [1.29, 1.82) is 0 Å². The maximum Gasteiger partial charge on any atom is 0.244 e. The second kappa shape index (κ2) is 9.32. The molecule has 1 atom stereocenters. The van der Waals surface area contributed by atoms with Gasteiger partial charge >= 0.3 is 0 Å². The Labute approximate surface area is 167 Å². The molecule has 2 aromatic rings. The number of likely N-dealkylation sites (N-methyl/N-ethyl adjacent to an activating group) is 1. The van der Waals surface area contributed by atoms with Crippen LogP contribution in [0, 0.1) is 25.6 Å². The topological polar surface area (TPSA) is 41.4 Å². The van der Waals surface area contributed by atoms with E-state index < -0.39 is 0 Å². The number of hydrogen-bond acceptors (Lipinski definition) is 3. The minimum absolute atomic E-state index is 0.0923. The van der Waals surface area contributed by atoms with Crippen molar-refractivity contribution in [3.63, 3.8) is 0 Å². The van der Waals surface area contributed by atoms with E-state index in [0.29, 0.717) is 12.5 Å². The summed E-state index contributed by atoms with van der Waals surface area (Å²) in [5, 5.41) is 4.38. The lowest BCUT2D eigenvalue weighted by atomic mass is 9.97. The van der Waals surface area contributed by atoms with E-state index in [4.69, 9.17) is 0 Å². The van der Waals surface area contributed by atoms with Gasteiger partial charge in [-0.2, -0.15) is 5.10 Å². The van der Waals surface area contributed by atoms with E-state index >= 15 is 0 Å². The molecule has 6 heteroatoms. The number of carbonyl (C=O) groups excluding carboxylic acids is 1. The van der Waals surface area contributed by atoms with Gasteiger partial charge in [0.2, 0.25) is 5.91 Å². The SMILES string of the molecule is Cc1cc(C)n(CC(=O)N(C)CC2CCCN(CCc3ccccc3F)C2)n1. The first-order chi connectivity index (χ1) is 13.4. The molecule has 0 bridgehead atoms. The third-order valence-corrected chi connectivity index (χ3v) is 5.60. The van der Waals surface area contributed by atoms with Crippen molar-refractivity contribution < 1.29 is 9.18 Å². The molecule has 152 valence electrons. The van der Waals surface area contributed by atoms with Crippen molar-refractivity contribution >= 4 is 5.91 Å². The number of nitrogens with zero attached hydrogens (tertiary/aromatic N) is 4. The molecule has 1 aliphatic heterocycles. The zero-order chi connectivity index (χ0) is 20.1. The number of rotatable bonds is 7. The van der Waals surface area contributed by atoms with Crippen LogP contribution in [0.4, 0.5) is 4.39 Å². The Kier molecular flexibility index (Phi) is 6.83. The molecule has 2 heterocycles. The molecule has 1 fully saturated rings. The molecule has 28 heavy (non-hydrogen) atoms. The minimum Gasteiger partial charge on any atom is -0.344 e. The summed E-state index contributed by atoms with van der Waals surface area (Å²) in [5.74, 6) is 0.434. The van der Waals surface area contributed by atoms with Crippen LogP contribution in [0.1, 0.15) is 29.8 Å². The normalized spacial score (nSPS) is 17.6. The Morgan fingerprint density at radius 2 is 2.11 bits per heavy atom. The summed E-state index contributed by atoms with van der Waals surface area (Å²) in [6.07, 6.45) is 2.99. The smallest absolute Gasteiger partial charge is 0.244 e. The maximum atomic E-state index is 13.8. The number of amides is 1. The van der Waals surface area contributed by atoms with Crippen LogP contribution in [0.3, 0.4) is 0 Å². The second-order valence-corrected chi connectivity index (χ2v) is 8.01. The van der Waals surface area contributed by atoms with Gasteiger partial charge in [-0.3, -0.25) is 9.48 Å². The average molecular weight is 387 g/mol. The van der Waals surface area contributed by atoms with E-state index in [0.717, 1.165) is 62.4 Å². The maximum absolute atomic E-state index is 13.8. The van der Waals surface area contributed by atoms with Gasteiger partial charge in [-0.05, 0) is 63.3 Å². The Bertz CT molecular complexity index is 804. The zero-order valence-electron chi connectivity index (χ0n) is 17.2. The number of likely N-dealkylation sites (tertiary alicyclic amines) is 1. The van der Waals surface area contributed by atoms with Crippen LogP contribution in [0.5, 0.6) is 0 Å². The summed E-state index contributed by atoms with van der Waals surface area (Å²) in [7, 11) is 1.88. The molecule has 0 spiro atoms. The third kappa shape index (κ3) is 5.41. The van der Waals surface area contributed by atoms with Crippen molar-refractivity contribution in [2.75, 3.05) is 33.2 Å². The van der Waals surface area contributed by atoms with Crippen molar-refractivity contribution in [3.05, 3.63) is 53.1 Å². The van der Waals surface area contributed by atoms with E-state index in [2.05, 4.69) is 10.00 Å². The molecule has 0 N–H and O–H groups in total. The highest BCUT2D eigenvalue weighted by atomic mass is 19.1. The summed E-state index contributed by atoms with van der Waals surface area (Å²) >= 11 is 0. The first-order valence-electron chi connectivity index (χ1n) is 10.1. The van der Waals surface area contributed by atoms with Gasteiger partial charge < -0.3 is 9.80 Å². The lowest BCUT2D eigenvalue weighted by Crippen LogP contribution is -2.43. The summed E-state index contributed by atoms with van der Waals surface area (Å²) < 4.78 is 15.6. The first kappa shape index (κ1) is 20.5. The first-order valence-corrected chi connectivity index (χ1v) is 10.1. The van der Waals surface area contributed by atoms with Gasteiger partial charge in [-0.25, -0.2) is 4.39 Å². The van der Waals surface area contributed by atoms with Gasteiger partial charge in [0.1, 0.15) is 12.4 Å². The molecule has 0 radical (unpaired) electrons. The van der Waals surface area contributed by atoms with Gasteiger partial charge in [-0.1, -0.05) is 18.2 Å². The van der Waals surface area contributed by atoms with Crippen LogP contribution < -0.4 is 0 Å². The summed E-state index contributed by atoms with van der Waals surface area (Å²) in [6, 6.07) is 9.00.